The van der Waals surface area contributed by atoms with Crippen molar-refractivity contribution in [2.24, 2.45) is 0 Å². The molecule has 0 aliphatic heterocycles. The topological polar surface area (TPSA) is 69.7 Å². The summed E-state index contributed by atoms with van der Waals surface area (Å²) >= 11 is 0. The van der Waals surface area contributed by atoms with Crippen LogP contribution >= 0.6 is 0 Å². The molecule has 0 bridgehead atoms. The molecule has 2 rings (SSSR count). The molecular weight excluding hydrogens is 308 g/mol. The number of methoxy groups -OCH3 is 3. The van der Waals surface area contributed by atoms with E-state index in [0.29, 0.717) is 28.6 Å². The van der Waals surface area contributed by atoms with Crippen LogP contribution in [-0.2, 0) is 0 Å². The first-order valence-corrected chi connectivity index (χ1v) is 7.29. The number of hydrogen-bond donors (Lipinski definition) is 1. The molecule has 1 heterocycles. The number of benzene rings is 1. The third-order valence-corrected chi connectivity index (χ3v) is 3.33. The molecule has 0 fully saturated rings. The summed E-state index contributed by atoms with van der Waals surface area (Å²) in [5.74, 6) is 1.78. The van der Waals surface area contributed by atoms with Crippen molar-refractivity contribution >= 4 is 11.6 Å². The molecule has 6 nitrogen and oxygen atoms in total. The van der Waals surface area contributed by atoms with Crippen molar-refractivity contribution in [3.63, 3.8) is 0 Å². The zero-order valence-corrected chi connectivity index (χ0v) is 14.1. The molecular formula is C18H20N2O4. The Morgan fingerprint density at radius 1 is 1.08 bits per heavy atom. The highest BCUT2D eigenvalue weighted by molar-refractivity contribution is 6.05. The van der Waals surface area contributed by atoms with E-state index >= 15 is 0 Å². The Labute approximate surface area is 141 Å². The summed E-state index contributed by atoms with van der Waals surface area (Å²) in [6, 6.07) is 7.00. The summed E-state index contributed by atoms with van der Waals surface area (Å²) in [7, 11) is 4.53. The average molecular weight is 328 g/mol. The van der Waals surface area contributed by atoms with Crippen molar-refractivity contribution in [2.45, 2.75) is 6.92 Å². The smallest absolute Gasteiger partial charge is 0.203 e. The van der Waals surface area contributed by atoms with Crippen molar-refractivity contribution in [3.8, 4) is 17.2 Å². The maximum absolute atomic E-state index is 12.3. The molecule has 6 heteroatoms. The number of rotatable bonds is 7. The number of pyridine rings is 1. The number of allylic oxidation sites excluding steroid dienone is 1. The van der Waals surface area contributed by atoms with Gasteiger partial charge in [-0.15, -0.1) is 0 Å². The fourth-order valence-electron chi connectivity index (χ4n) is 2.14. The molecule has 0 radical (unpaired) electrons. The summed E-state index contributed by atoms with van der Waals surface area (Å²) in [5.41, 5.74) is 1.51. The van der Waals surface area contributed by atoms with Gasteiger partial charge in [-0.2, -0.15) is 0 Å². The highest BCUT2D eigenvalue weighted by atomic mass is 16.5. The zero-order valence-electron chi connectivity index (χ0n) is 14.1. The Kier molecular flexibility index (Phi) is 5.78. The van der Waals surface area contributed by atoms with Crippen LogP contribution in [0.5, 0.6) is 17.2 Å². The van der Waals surface area contributed by atoms with Gasteiger partial charge in [-0.3, -0.25) is 4.79 Å². The largest absolute Gasteiger partial charge is 0.493 e. The highest BCUT2D eigenvalue weighted by Gasteiger charge is 2.15. The van der Waals surface area contributed by atoms with Gasteiger partial charge in [0.25, 0.3) is 0 Å². The lowest BCUT2D eigenvalue weighted by Crippen LogP contribution is -2.01. The first-order valence-electron chi connectivity index (χ1n) is 7.29. The molecule has 24 heavy (non-hydrogen) atoms. The van der Waals surface area contributed by atoms with E-state index in [9.17, 15) is 4.79 Å². The van der Waals surface area contributed by atoms with Gasteiger partial charge in [-0.05, 0) is 36.8 Å². The van der Waals surface area contributed by atoms with E-state index in [1.807, 2.05) is 19.1 Å². The minimum absolute atomic E-state index is 0.200. The Morgan fingerprint density at radius 2 is 1.75 bits per heavy atom. The number of anilines is 1. The second-order valence-corrected chi connectivity index (χ2v) is 4.97. The second kappa shape index (κ2) is 8.01. The first-order chi connectivity index (χ1) is 11.6. The summed E-state index contributed by atoms with van der Waals surface area (Å²) in [6.07, 6.45) is 4.67. The van der Waals surface area contributed by atoms with Crippen molar-refractivity contribution in [1.29, 1.82) is 0 Å². The van der Waals surface area contributed by atoms with Crippen molar-refractivity contribution < 1.29 is 19.0 Å². The van der Waals surface area contributed by atoms with Crippen molar-refractivity contribution in [1.82, 2.24) is 4.98 Å². The van der Waals surface area contributed by atoms with E-state index in [0.717, 1.165) is 5.56 Å². The average Bonchev–Trinajstić information content (AvgIpc) is 2.60. The molecule has 0 atom stereocenters. The number of hydrogen-bond acceptors (Lipinski definition) is 6. The van der Waals surface area contributed by atoms with Crippen molar-refractivity contribution in [2.75, 3.05) is 26.6 Å². The molecule has 2 aromatic rings. The number of ketones is 1. The molecule has 0 saturated carbocycles. The SMILES string of the molecule is COc1cc(C(=O)/C=C\Nc2cc(C)ccn2)cc(OC)c1OC. The number of aromatic nitrogens is 1. The fourth-order valence-corrected chi connectivity index (χ4v) is 2.14. The van der Waals surface area contributed by atoms with Gasteiger partial charge in [0, 0.05) is 24.0 Å². The minimum Gasteiger partial charge on any atom is -0.493 e. The maximum Gasteiger partial charge on any atom is 0.203 e. The Balaban J connectivity index is 2.18. The summed E-state index contributed by atoms with van der Waals surface area (Å²) < 4.78 is 15.7. The number of carbonyl (C=O) groups is 1. The number of aryl methyl sites for hydroxylation is 1. The molecule has 0 saturated heterocycles. The van der Waals surface area contributed by atoms with Crippen LogP contribution in [0.4, 0.5) is 5.82 Å². The van der Waals surface area contributed by atoms with Crippen LogP contribution in [0.1, 0.15) is 15.9 Å². The Bertz CT molecular complexity index is 731. The standard InChI is InChI=1S/C18H20N2O4/c1-12-5-7-19-17(9-12)20-8-6-14(21)13-10-15(22-2)18(24-4)16(11-13)23-3/h5-11H,1-4H3,(H,19,20)/b8-6-. The molecule has 0 aliphatic carbocycles. The number of nitrogens with zero attached hydrogens (tertiary/aromatic N) is 1. The van der Waals surface area contributed by atoms with Crippen LogP contribution < -0.4 is 19.5 Å². The normalized spacial score (nSPS) is 10.5. The first kappa shape index (κ1) is 17.3. The van der Waals surface area contributed by atoms with Crippen LogP contribution in [0.3, 0.4) is 0 Å². The van der Waals surface area contributed by atoms with Gasteiger partial charge in [0.2, 0.25) is 5.75 Å². The number of carbonyl (C=O) groups excluding carboxylic acids is 1. The third-order valence-electron chi connectivity index (χ3n) is 3.33. The Morgan fingerprint density at radius 3 is 2.29 bits per heavy atom. The van der Waals surface area contributed by atoms with Crippen molar-refractivity contribution in [3.05, 3.63) is 53.9 Å². The quantitative estimate of drug-likeness (QED) is 0.621. The summed E-state index contributed by atoms with van der Waals surface area (Å²) in [6.45, 7) is 1.97. The molecule has 0 unspecified atom stereocenters. The van der Waals surface area contributed by atoms with E-state index in [4.69, 9.17) is 14.2 Å². The van der Waals surface area contributed by atoms with Gasteiger partial charge >= 0.3 is 0 Å². The van der Waals surface area contributed by atoms with Gasteiger partial charge in [-0.1, -0.05) is 0 Å². The predicted octanol–water partition coefficient (Wildman–Crippen LogP) is 3.22. The monoisotopic (exact) mass is 328 g/mol. The lowest BCUT2D eigenvalue weighted by Gasteiger charge is -2.13. The number of nitrogens with one attached hydrogen (secondary N) is 1. The van der Waals surface area contributed by atoms with E-state index in [1.54, 1.807) is 24.5 Å². The van der Waals surface area contributed by atoms with Gasteiger partial charge in [0.05, 0.1) is 21.3 Å². The van der Waals surface area contributed by atoms with Crippen LogP contribution in [-0.4, -0.2) is 32.1 Å². The Hall–Kier alpha value is -3.02. The van der Waals surface area contributed by atoms with E-state index < -0.39 is 0 Å². The van der Waals surface area contributed by atoms with E-state index in [1.165, 1.54) is 27.4 Å². The van der Waals surface area contributed by atoms with Gasteiger partial charge in [-0.25, -0.2) is 4.98 Å². The molecule has 1 aromatic heterocycles. The highest BCUT2D eigenvalue weighted by Crippen LogP contribution is 2.38. The molecule has 126 valence electrons. The van der Waals surface area contributed by atoms with Gasteiger partial charge in [0.15, 0.2) is 17.3 Å². The molecule has 0 aliphatic rings. The summed E-state index contributed by atoms with van der Waals surface area (Å²) in [5, 5.41) is 2.97. The van der Waals surface area contributed by atoms with Crippen LogP contribution in [0.15, 0.2) is 42.7 Å². The zero-order chi connectivity index (χ0) is 17.5. The maximum atomic E-state index is 12.3. The second-order valence-electron chi connectivity index (χ2n) is 4.97. The molecule has 1 N–H and O–H groups in total. The lowest BCUT2D eigenvalue weighted by atomic mass is 10.1. The van der Waals surface area contributed by atoms with Gasteiger partial charge in [0.1, 0.15) is 5.82 Å². The predicted molar refractivity (Wildman–Crippen MR) is 92.2 cm³/mol. The van der Waals surface area contributed by atoms with Crippen LogP contribution in [0.25, 0.3) is 0 Å². The third kappa shape index (κ3) is 4.04. The van der Waals surface area contributed by atoms with E-state index in [-0.39, 0.29) is 5.78 Å². The molecule has 1 aromatic carbocycles. The van der Waals surface area contributed by atoms with Crippen LogP contribution in [0.2, 0.25) is 0 Å². The lowest BCUT2D eigenvalue weighted by molar-refractivity contribution is 0.104. The number of ether oxygens (including phenoxy) is 3. The van der Waals surface area contributed by atoms with E-state index in [2.05, 4.69) is 10.3 Å². The molecule has 0 spiro atoms. The van der Waals surface area contributed by atoms with Crippen LogP contribution in [0, 0.1) is 6.92 Å². The fraction of sp³-hybridized carbons (Fsp3) is 0.222. The minimum atomic E-state index is -0.200. The van der Waals surface area contributed by atoms with Gasteiger partial charge < -0.3 is 19.5 Å². The summed E-state index contributed by atoms with van der Waals surface area (Å²) in [4.78, 5) is 16.5. The molecule has 0 amide bonds.